The summed E-state index contributed by atoms with van der Waals surface area (Å²) in [7, 11) is 0. The van der Waals surface area contributed by atoms with Crippen LogP contribution < -0.4 is 10.1 Å². The van der Waals surface area contributed by atoms with Crippen LogP contribution in [0.2, 0.25) is 0 Å². The molecule has 0 atom stereocenters. The van der Waals surface area contributed by atoms with Gasteiger partial charge in [0, 0.05) is 11.3 Å². The zero-order chi connectivity index (χ0) is 17.8. The number of aryl methyl sites for hydroxylation is 3. The van der Waals surface area contributed by atoms with E-state index in [1.54, 1.807) is 0 Å². The highest BCUT2D eigenvalue weighted by atomic mass is 32.1. The summed E-state index contributed by atoms with van der Waals surface area (Å²) in [6.45, 7) is 6.54. The van der Waals surface area contributed by atoms with Gasteiger partial charge < -0.3 is 10.1 Å². The van der Waals surface area contributed by atoms with Gasteiger partial charge in [0.2, 0.25) is 0 Å². The van der Waals surface area contributed by atoms with Gasteiger partial charge in [0.15, 0.2) is 0 Å². The standard InChI is InChI=1S/C21H21NO2S/c1-14-4-6-19(7-5-14)24-12-17-11-20(25-13-17)21(23)22-18-9-15(2)8-16(3)10-18/h4-11,13H,12H2,1-3H3,(H,22,23). The molecule has 1 heterocycles. The summed E-state index contributed by atoms with van der Waals surface area (Å²) in [6.07, 6.45) is 0. The van der Waals surface area contributed by atoms with Gasteiger partial charge in [0.1, 0.15) is 12.4 Å². The molecular formula is C21H21NO2S. The molecule has 0 radical (unpaired) electrons. The lowest BCUT2D eigenvalue weighted by Gasteiger charge is -2.06. The van der Waals surface area contributed by atoms with Gasteiger partial charge in [-0.2, -0.15) is 0 Å². The summed E-state index contributed by atoms with van der Waals surface area (Å²) in [5, 5.41) is 4.93. The zero-order valence-corrected chi connectivity index (χ0v) is 15.4. The monoisotopic (exact) mass is 351 g/mol. The lowest BCUT2D eigenvalue weighted by atomic mass is 10.1. The Morgan fingerprint density at radius 3 is 2.32 bits per heavy atom. The predicted octanol–water partition coefficient (Wildman–Crippen LogP) is 5.50. The average Bonchev–Trinajstić information content (AvgIpc) is 3.02. The summed E-state index contributed by atoms with van der Waals surface area (Å²) in [6, 6.07) is 15.9. The SMILES string of the molecule is Cc1ccc(OCc2csc(C(=O)Nc3cc(C)cc(C)c3)c2)cc1. The highest BCUT2D eigenvalue weighted by Crippen LogP contribution is 2.20. The molecule has 25 heavy (non-hydrogen) atoms. The zero-order valence-electron chi connectivity index (χ0n) is 14.6. The van der Waals surface area contributed by atoms with E-state index in [2.05, 4.69) is 11.4 Å². The van der Waals surface area contributed by atoms with Gasteiger partial charge in [-0.25, -0.2) is 0 Å². The molecular weight excluding hydrogens is 330 g/mol. The number of amides is 1. The average molecular weight is 351 g/mol. The fraction of sp³-hybridized carbons (Fsp3) is 0.190. The molecule has 0 bridgehead atoms. The van der Waals surface area contributed by atoms with Crippen molar-refractivity contribution in [2.75, 3.05) is 5.32 Å². The van der Waals surface area contributed by atoms with Crippen molar-refractivity contribution in [1.29, 1.82) is 0 Å². The van der Waals surface area contributed by atoms with Gasteiger partial charge in [-0.15, -0.1) is 11.3 Å². The molecule has 2 aromatic carbocycles. The molecule has 4 heteroatoms. The second kappa shape index (κ2) is 7.53. The van der Waals surface area contributed by atoms with E-state index in [9.17, 15) is 4.79 Å². The largest absolute Gasteiger partial charge is 0.489 e. The molecule has 0 spiro atoms. The smallest absolute Gasteiger partial charge is 0.265 e. The lowest BCUT2D eigenvalue weighted by Crippen LogP contribution is -2.10. The fourth-order valence-corrected chi connectivity index (χ4v) is 3.40. The van der Waals surface area contributed by atoms with Gasteiger partial charge in [-0.3, -0.25) is 4.79 Å². The number of carbonyl (C=O) groups is 1. The first-order chi connectivity index (χ1) is 12.0. The molecule has 0 saturated carbocycles. The first kappa shape index (κ1) is 17.2. The summed E-state index contributed by atoms with van der Waals surface area (Å²) in [4.78, 5) is 13.1. The molecule has 3 aromatic rings. The molecule has 0 fully saturated rings. The minimum Gasteiger partial charge on any atom is -0.489 e. The van der Waals surface area contributed by atoms with E-state index in [0.29, 0.717) is 11.5 Å². The Bertz CT molecular complexity index is 861. The molecule has 3 nitrogen and oxygen atoms in total. The van der Waals surface area contributed by atoms with E-state index in [1.807, 2.05) is 68.6 Å². The minimum atomic E-state index is -0.0865. The Labute approximate surface area is 152 Å². The number of benzene rings is 2. The quantitative estimate of drug-likeness (QED) is 0.659. The topological polar surface area (TPSA) is 38.3 Å². The Balaban J connectivity index is 1.62. The number of carbonyl (C=O) groups excluding carboxylic acids is 1. The van der Waals surface area contributed by atoms with E-state index in [1.165, 1.54) is 16.9 Å². The number of hydrogen-bond acceptors (Lipinski definition) is 3. The molecule has 0 aliphatic carbocycles. The van der Waals surface area contributed by atoms with Crippen LogP contribution in [0, 0.1) is 20.8 Å². The van der Waals surface area contributed by atoms with Crippen LogP contribution >= 0.6 is 11.3 Å². The van der Waals surface area contributed by atoms with Gasteiger partial charge in [-0.1, -0.05) is 23.8 Å². The second-order valence-corrected chi connectivity index (χ2v) is 7.16. The Kier molecular flexibility index (Phi) is 5.19. The number of anilines is 1. The lowest BCUT2D eigenvalue weighted by molar-refractivity contribution is 0.103. The van der Waals surface area contributed by atoms with Crippen LogP contribution in [-0.2, 0) is 6.61 Å². The van der Waals surface area contributed by atoms with Crippen LogP contribution in [0.3, 0.4) is 0 Å². The number of thiophene rings is 1. The Morgan fingerprint density at radius 1 is 0.960 bits per heavy atom. The summed E-state index contributed by atoms with van der Waals surface area (Å²) >= 11 is 1.43. The highest BCUT2D eigenvalue weighted by molar-refractivity contribution is 7.12. The van der Waals surface area contributed by atoms with Crippen molar-refractivity contribution in [3.8, 4) is 5.75 Å². The molecule has 1 amide bonds. The maximum Gasteiger partial charge on any atom is 0.265 e. The van der Waals surface area contributed by atoms with E-state index in [0.717, 1.165) is 28.1 Å². The van der Waals surface area contributed by atoms with Crippen molar-refractivity contribution >= 4 is 22.9 Å². The number of ether oxygens (including phenoxy) is 1. The molecule has 0 unspecified atom stereocenters. The Morgan fingerprint density at radius 2 is 1.64 bits per heavy atom. The van der Waals surface area contributed by atoms with E-state index >= 15 is 0 Å². The van der Waals surface area contributed by atoms with Crippen molar-refractivity contribution in [3.05, 3.63) is 81.0 Å². The summed E-state index contributed by atoms with van der Waals surface area (Å²) in [5.41, 5.74) is 5.29. The van der Waals surface area contributed by atoms with Crippen molar-refractivity contribution in [2.45, 2.75) is 27.4 Å². The maximum atomic E-state index is 12.4. The van der Waals surface area contributed by atoms with Gasteiger partial charge in [0.05, 0.1) is 4.88 Å². The second-order valence-electron chi connectivity index (χ2n) is 6.25. The van der Waals surface area contributed by atoms with Crippen LogP contribution in [0.4, 0.5) is 5.69 Å². The molecule has 0 aliphatic heterocycles. The number of hydrogen-bond donors (Lipinski definition) is 1. The van der Waals surface area contributed by atoms with Crippen LogP contribution in [0.25, 0.3) is 0 Å². The van der Waals surface area contributed by atoms with Gasteiger partial charge in [0.25, 0.3) is 5.91 Å². The first-order valence-corrected chi connectivity index (χ1v) is 9.04. The number of rotatable bonds is 5. The van der Waals surface area contributed by atoms with Crippen molar-refractivity contribution in [3.63, 3.8) is 0 Å². The van der Waals surface area contributed by atoms with E-state index in [4.69, 9.17) is 4.74 Å². The van der Waals surface area contributed by atoms with Crippen LogP contribution in [0.1, 0.15) is 31.9 Å². The normalized spacial score (nSPS) is 10.5. The van der Waals surface area contributed by atoms with Gasteiger partial charge >= 0.3 is 0 Å². The molecule has 1 N–H and O–H groups in total. The molecule has 0 saturated heterocycles. The van der Waals surface area contributed by atoms with Gasteiger partial charge in [-0.05, 0) is 67.6 Å². The van der Waals surface area contributed by atoms with Crippen LogP contribution in [0.15, 0.2) is 53.9 Å². The summed E-state index contributed by atoms with van der Waals surface area (Å²) < 4.78 is 5.76. The first-order valence-electron chi connectivity index (χ1n) is 8.16. The van der Waals surface area contributed by atoms with E-state index in [-0.39, 0.29) is 5.91 Å². The highest BCUT2D eigenvalue weighted by Gasteiger charge is 2.10. The molecule has 128 valence electrons. The van der Waals surface area contributed by atoms with Crippen LogP contribution in [0.5, 0.6) is 5.75 Å². The van der Waals surface area contributed by atoms with Crippen molar-refractivity contribution in [1.82, 2.24) is 0 Å². The third-order valence-corrected chi connectivity index (χ3v) is 4.76. The third kappa shape index (κ3) is 4.70. The molecule has 3 rings (SSSR count). The minimum absolute atomic E-state index is 0.0865. The Hall–Kier alpha value is -2.59. The molecule has 0 aliphatic rings. The van der Waals surface area contributed by atoms with Crippen molar-refractivity contribution < 1.29 is 9.53 Å². The van der Waals surface area contributed by atoms with Crippen molar-refractivity contribution in [2.24, 2.45) is 0 Å². The summed E-state index contributed by atoms with van der Waals surface area (Å²) in [5.74, 6) is 0.745. The maximum absolute atomic E-state index is 12.4. The molecule has 1 aromatic heterocycles. The van der Waals surface area contributed by atoms with Crippen LogP contribution in [-0.4, -0.2) is 5.91 Å². The predicted molar refractivity (Wildman–Crippen MR) is 104 cm³/mol. The fourth-order valence-electron chi connectivity index (χ4n) is 2.61. The third-order valence-electron chi connectivity index (χ3n) is 3.78. The van der Waals surface area contributed by atoms with E-state index < -0.39 is 0 Å². The number of nitrogens with one attached hydrogen (secondary N) is 1.